The lowest BCUT2D eigenvalue weighted by molar-refractivity contribution is -0.0672. The first-order valence-corrected chi connectivity index (χ1v) is 5.59. The SMILES string of the molecule is Fc1ccc(COC2CC(O[Si])C2)c(F)c1F. The second-order valence-electron chi connectivity index (χ2n) is 3.98. The molecule has 0 atom stereocenters. The van der Waals surface area contributed by atoms with Crippen molar-refractivity contribution in [1.82, 2.24) is 0 Å². The largest absolute Gasteiger partial charge is 0.416 e. The molecule has 3 radical (unpaired) electrons. The third-order valence-corrected chi connectivity index (χ3v) is 3.14. The third kappa shape index (κ3) is 2.70. The summed E-state index contributed by atoms with van der Waals surface area (Å²) in [6.07, 6.45) is 1.49. The van der Waals surface area contributed by atoms with E-state index in [1.165, 1.54) is 6.07 Å². The summed E-state index contributed by atoms with van der Waals surface area (Å²) >= 11 is 0. The summed E-state index contributed by atoms with van der Waals surface area (Å²) < 4.78 is 49.0. The molecule has 0 aliphatic heterocycles. The third-order valence-electron chi connectivity index (χ3n) is 2.81. The maximum absolute atomic E-state index is 13.3. The van der Waals surface area contributed by atoms with Crippen LogP contribution in [0.15, 0.2) is 12.1 Å². The highest BCUT2D eigenvalue weighted by Gasteiger charge is 2.29. The molecule has 2 nitrogen and oxygen atoms in total. The van der Waals surface area contributed by atoms with E-state index in [4.69, 9.17) is 9.16 Å². The summed E-state index contributed by atoms with van der Waals surface area (Å²) in [4.78, 5) is 0. The van der Waals surface area contributed by atoms with Crippen molar-refractivity contribution in [3.63, 3.8) is 0 Å². The quantitative estimate of drug-likeness (QED) is 0.610. The molecule has 91 valence electrons. The van der Waals surface area contributed by atoms with Gasteiger partial charge in [-0.2, -0.15) is 0 Å². The Balaban J connectivity index is 1.90. The summed E-state index contributed by atoms with van der Waals surface area (Å²) in [5.74, 6) is -3.83. The molecular formula is C11H10F3O2Si. The molecule has 1 aromatic rings. The van der Waals surface area contributed by atoms with Crippen molar-refractivity contribution in [3.8, 4) is 0 Å². The van der Waals surface area contributed by atoms with E-state index in [2.05, 4.69) is 10.5 Å². The lowest BCUT2D eigenvalue weighted by Gasteiger charge is -2.34. The fourth-order valence-corrected chi connectivity index (χ4v) is 1.83. The Kier molecular flexibility index (Phi) is 3.85. The van der Waals surface area contributed by atoms with Crippen molar-refractivity contribution in [1.29, 1.82) is 0 Å². The minimum Gasteiger partial charge on any atom is -0.416 e. The van der Waals surface area contributed by atoms with E-state index >= 15 is 0 Å². The van der Waals surface area contributed by atoms with Crippen molar-refractivity contribution < 1.29 is 22.3 Å². The van der Waals surface area contributed by atoms with Crippen molar-refractivity contribution in [2.45, 2.75) is 31.7 Å². The zero-order valence-electron chi connectivity index (χ0n) is 8.88. The van der Waals surface area contributed by atoms with Crippen molar-refractivity contribution in [2.75, 3.05) is 0 Å². The van der Waals surface area contributed by atoms with Gasteiger partial charge in [0.25, 0.3) is 0 Å². The van der Waals surface area contributed by atoms with Gasteiger partial charge in [0.05, 0.1) is 12.7 Å². The Morgan fingerprint density at radius 1 is 1.12 bits per heavy atom. The molecule has 1 aliphatic rings. The predicted octanol–water partition coefficient (Wildman–Crippen LogP) is 2.25. The van der Waals surface area contributed by atoms with Crippen LogP contribution in [0.5, 0.6) is 0 Å². The first-order valence-electron chi connectivity index (χ1n) is 5.18. The number of benzene rings is 1. The molecule has 0 saturated heterocycles. The molecule has 0 unspecified atom stereocenters. The maximum Gasteiger partial charge on any atom is 0.246 e. The second-order valence-corrected chi connectivity index (χ2v) is 4.21. The van der Waals surface area contributed by atoms with Gasteiger partial charge in [0.1, 0.15) is 0 Å². The number of halogens is 3. The Morgan fingerprint density at radius 2 is 1.82 bits per heavy atom. The van der Waals surface area contributed by atoms with Crippen molar-refractivity contribution in [3.05, 3.63) is 35.1 Å². The maximum atomic E-state index is 13.3. The highest BCUT2D eigenvalue weighted by Crippen LogP contribution is 2.27. The molecule has 1 saturated carbocycles. The van der Waals surface area contributed by atoms with Crippen LogP contribution in [-0.4, -0.2) is 22.7 Å². The minimum atomic E-state index is -1.46. The molecule has 17 heavy (non-hydrogen) atoms. The molecule has 0 spiro atoms. The van der Waals surface area contributed by atoms with Gasteiger partial charge in [0, 0.05) is 11.7 Å². The van der Waals surface area contributed by atoms with Gasteiger partial charge in [0.2, 0.25) is 10.5 Å². The molecule has 2 rings (SSSR count). The predicted molar refractivity (Wildman–Crippen MR) is 54.8 cm³/mol. The van der Waals surface area contributed by atoms with E-state index in [9.17, 15) is 13.2 Å². The summed E-state index contributed by atoms with van der Waals surface area (Å²) in [7, 11) is 2.92. The van der Waals surface area contributed by atoms with Gasteiger partial charge in [-0.25, -0.2) is 13.2 Å². The van der Waals surface area contributed by atoms with E-state index < -0.39 is 17.5 Å². The molecule has 6 heteroatoms. The first-order chi connectivity index (χ1) is 8.11. The molecule has 0 aromatic heterocycles. The highest BCUT2D eigenvalue weighted by atomic mass is 28.2. The van der Waals surface area contributed by atoms with Crippen molar-refractivity contribution in [2.24, 2.45) is 0 Å². The van der Waals surface area contributed by atoms with Gasteiger partial charge < -0.3 is 9.16 Å². The fourth-order valence-electron chi connectivity index (χ4n) is 1.63. The zero-order chi connectivity index (χ0) is 12.4. The van der Waals surface area contributed by atoms with Gasteiger partial charge in [-0.05, 0) is 18.9 Å². The smallest absolute Gasteiger partial charge is 0.246 e. The van der Waals surface area contributed by atoms with Crippen LogP contribution in [0.25, 0.3) is 0 Å². The van der Waals surface area contributed by atoms with Crippen LogP contribution in [0, 0.1) is 17.5 Å². The average Bonchev–Trinajstić information content (AvgIpc) is 2.27. The van der Waals surface area contributed by atoms with Crippen LogP contribution in [0.1, 0.15) is 18.4 Å². The van der Waals surface area contributed by atoms with Gasteiger partial charge in [-0.3, -0.25) is 0 Å². The summed E-state index contributed by atoms with van der Waals surface area (Å²) in [6.45, 7) is -0.0673. The molecule has 0 bridgehead atoms. The van der Waals surface area contributed by atoms with E-state index in [1.54, 1.807) is 0 Å². The van der Waals surface area contributed by atoms with E-state index in [-0.39, 0.29) is 24.4 Å². The molecule has 1 aromatic carbocycles. The van der Waals surface area contributed by atoms with Crippen LogP contribution >= 0.6 is 0 Å². The number of rotatable bonds is 4. The standard InChI is InChI=1S/C11H10F3O2Si/c12-9-2-1-6(10(13)11(9)14)5-15-7-3-8(4-7)16-17/h1-2,7-8H,3-5H2. The normalized spacial score (nSPS) is 23.5. The topological polar surface area (TPSA) is 18.5 Å². The molecule has 1 fully saturated rings. The van der Waals surface area contributed by atoms with Crippen LogP contribution in [-0.2, 0) is 15.8 Å². The average molecular weight is 259 g/mol. The summed E-state index contributed by atoms with van der Waals surface area (Å²) in [6, 6.07) is 2.08. The van der Waals surface area contributed by atoms with Crippen LogP contribution in [0.3, 0.4) is 0 Å². The van der Waals surface area contributed by atoms with Crippen LogP contribution < -0.4 is 0 Å². The Morgan fingerprint density at radius 3 is 2.47 bits per heavy atom. The Hall–Kier alpha value is -0.853. The van der Waals surface area contributed by atoms with Gasteiger partial charge in [-0.15, -0.1) is 0 Å². The summed E-state index contributed by atoms with van der Waals surface area (Å²) in [5, 5.41) is 0. The van der Waals surface area contributed by atoms with E-state index in [1.807, 2.05) is 0 Å². The number of hydrogen-bond acceptors (Lipinski definition) is 2. The van der Waals surface area contributed by atoms with Gasteiger partial charge in [-0.1, -0.05) is 6.07 Å². The molecule has 1 aliphatic carbocycles. The highest BCUT2D eigenvalue weighted by molar-refractivity contribution is 5.98. The lowest BCUT2D eigenvalue weighted by atomic mass is 9.92. The van der Waals surface area contributed by atoms with Crippen molar-refractivity contribution >= 4 is 10.5 Å². The van der Waals surface area contributed by atoms with Gasteiger partial charge in [0.15, 0.2) is 17.5 Å². The number of ether oxygens (including phenoxy) is 1. The van der Waals surface area contributed by atoms with E-state index in [0.29, 0.717) is 12.8 Å². The second kappa shape index (κ2) is 5.20. The number of hydrogen-bond donors (Lipinski definition) is 0. The Bertz CT molecular complexity index is 408. The molecule has 0 amide bonds. The summed E-state index contributed by atoms with van der Waals surface area (Å²) in [5.41, 5.74) is 0.0200. The first kappa shape index (κ1) is 12.6. The monoisotopic (exact) mass is 259 g/mol. The van der Waals surface area contributed by atoms with Crippen LogP contribution in [0.4, 0.5) is 13.2 Å². The Labute approximate surface area is 100 Å². The fraction of sp³-hybridized carbons (Fsp3) is 0.455. The van der Waals surface area contributed by atoms with Gasteiger partial charge >= 0.3 is 0 Å². The lowest BCUT2D eigenvalue weighted by Crippen LogP contribution is -2.37. The zero-order valence-corrected chi connectivity index (χ0v) is 9.88. The minimum absolute atomic E-state index is 0.0200. The molecular weight excluding hydrogens is 249 g/mol. The van der Waals surface area contributed by atoms with E-state index in [0.717, 1.165) is 6.07 Å². The molecule has 0 N–H and O–H groups in total. The molecule has 0 heterocycles. The van der Waals surface area contributed by atoms with Crippen LogP contribution in [0.2, 0.25) is 0 Å².